The number of carbonyl (C=O) groups excluding carboxylic acids is 1. The molecule has 1 rings (SSSR count). The first-order valence-electron chi connectivity index (χ1n) is 4.86. The highest BCUT2D eigenvalue weighted by molar-refractivity contribution is 5.76. The molecule has 1 heterocycles. The summed E-state index contributed by atoms with van der Waals surface area (Å²) in [7, 11) is 0. The summed E-state index contributed by atoms with van der Waals surface area (Å²) >= 11 is 0. The minimum absolute atomic E-state index is 0.246. The van der Waals surface area contributed by atoms with Crippen molar-refractivity contribution in [3.05, 3.63) is 12.7 Å². The topological polar surface area (TPSA) is 46.3 Å². The third kappa shape index (κ3) is 2.84. The summed E-state index contributed by atoms with van der Waals surface area (Å²) in [4.78, 5) is 13.4. The Morgan fingerprint density at radius 1 is 1.69 bits per heavy atom. The summed E-state index contributed by atoms with van der Waals surface area (Å²) in [5.41, 5.74) is 5.54. The summed E-state index contributed by atoms with van der Waals surface area (Å²) in [6, 6.07) is 0. The third-order valence-corrected chi connectivity index (χ3v) is 2.53. The van der Waals surface area contributed by atoms with Crippen LogP contribution < -0.4 is 5.73 Å². The van der Waals surface area contributed by atoms with Gasteiger partial charge in [0.2, 0.25) is 5.91 Å². The fourth-order valence-corrected chi connectivity index (χ4v) is 1.64. The first-order valence-corrected chi connectivity index (χ1v) is 4.86. The highest BCUT2D eigenvalue weighted by Crippen LogP contribution is 2.15. The number of hydrogen-bond donors (Lipinski definition) is 1. The van der Waals surface area contributed by atoms with Crippen molar-refractivity contribution >= 4 is 5.91 Å². The quantitative estimate of drug-likeness (QED) is 0.652. The van der Waals surface area contributed by atoms with Gasteiger partial charge in [0.1, 0.15) is 0 Å². The summed E-state index contributed by atoms with van der Waals surface area (Å²) in [5.74, 6) is 0.767. The summed E-state index contributed by atoms with van der Waals surface area (Å²) in [5, 5.41) is 0. The van der Waals surface area contributed by atoms with Gasteiger partial charge in [-0.05, 0) is 25.3 Å². The second-order valence-corrected chi connectivity index (χ2v) is 3.56. The van der Waals surface area contributed by atoms with Gasteiger partial charge in [0.25, 0.3) is 0 Å². The number of likely N-dealkylation sites (tertiary alicyclic amines) is 1. The predicted octanol–water partition coefficient (Wildman–Crippen LogP) is 0.760. The molecular formula is C10H18N2O. The van der Waals surface area contributed by atoms with Crippen LogP contribution in [0.1, 0.15) is 19.3 Å². The fraction of sp³-hybridized carbons (Fsp3) is 0.700. The molecule has 3 heteroatoms. The maximum Gasteiger partial charge on any atom is 0.222 e. The van der Waals surface area contributed by atoms with E-state index in [2.05, 4.69) is 6.58 Å². The molecule has 0 aromatic rings. The molecule has 0 radical (unpaired) electrons. The lowest BCUT2D eigenvalue weighted by Crippen LogP contribution is -2.29. The first-order chi connectivity index (χ1) is 6.27. The largest absolute Gasteiger partial charge is 0.342 e. The minimum Gasteiger partial charge on any atom is -0.342 e. The van der Waals surface area contributed by atoms with E-state index in [1.165, 1.54) is 0 Å². The van der Waals surface area contributed by atoms with Crippen LogP contribution in [0.4, 0.5) is 0 Å². The van der Waals surface area contributed by atoms with Crippen molar-refractivity contribution in [2.24, 2.45) is 11.7 Å². The Bertz CT molecular complexity index is 191. The molecule has 0 bridgehead atoms. The standard InChI is InChI=1S/C10H18N2O/c1-2-3-4-10(13)12-6-5-9(7-11)8-12/h2,9H,1,3-8,11H2. The third-order valence-electron chi connectivity index (χ3n) is 2.53. The molecule has 1 saturated heterocycles. The van der Waals surface area contributed by atoms with Crippen LogP contribution in [0.5, 0.6) is 0 Å². The van der Waals surface area contributed by atoms with E-state index in [0.29, 0.717) is 18.9 Å². The van der Waals surface area contributed by atoms with Gasteiger partial charge in [0.15, 0.2) is 0 Å². The van der Waals surface area contributed by atoms with E-state index in [1.54, 1.807) is 6.08 Å². The van der Waals surface area contributed by atoms with E-state index in [-0.39, 0.29) is 5.91 Å². The van der Waals surface area contributed by atoms with E-state index in [0.717, 1.165) is 25.9 Å². The zero-order valence-corrected chi connectivity index (χ0v) is 8.04. The number of carbonyl (C=O) groups is 1. The average molecular weight is 182 g/mol. The van der Waals surface area contributed by atoms with E-state index < -0.39 is 0 Å². The molecule has 1 unspecified atom stereocenters. The number of nitrogens with zero attached hydrogens (tertiary/aromatic N) is 1. The molecule has 74 valence electrons. The number of rotatable bonds is 4. The summed E-state index contributed by atoms with van der Waals surface area (Å²) in [6.07, 6.45) is 4.23. The molecular weight excluding hydrogens is 164 g/mol. The molecule has 0 spiro atoms. The van der Waals surface area contributed by atoms with Crippen molar-refractivity contribution < 1.29 is 4.79 Å². The number of allylic oxidation sites excluding steroid dienone is 1. The van der Waals surface area contributed by atoms with Gasteiger partial charge in [0.05, 0.1) is 0 Å². The van der Waals surface area contributed by atoms with Crippen LogP contribution in [0.25, 0.3) is 0 Å². The fourth-order valence-electron chi connectivity index (χ4n) is 1.64. The number of amides is 1. The first kappa shape index (κ1) is 10.3. The van der Waals surface area contributed by atoms with E-state index >= 15 is 0 Å². The molecule has 0 aromatic carbocycles. The van der Waals surface area contributed by atoms with Crippen LogP contribution in [-0.4, -0.2) is 30.4 Å². The molecule has 3 nitrogen and oxygen atoms in total. The Kier molecular flexibility index (Phi) is 3.96. The van der Waals surface area contributed by atoms with Gasteiger partial charge >= 0.3 is 0 Å². The SMILES string of the molecule is C=CCCC(=O)N1CCC(CN)C1. The van der Waals surface area contributed by atoms with Crippen molar-refractivity contribution in [3.8, 4) is 0 Å². The minimum atomic E-state index is 0.246. The smallest absolute Gasteiger partial charge is 0.222 e. The Labute approximate surface area is 79.6 Å². The predicted molar refractivity (Wildman–Crippen MR) is 53.2 cm³/mol. The molecule has 0 aromatic heterocycles. The molecule has 1 amide bonds. The Morgan fingerprint density at radius 3 is 3.00 bits per heavy atom. The summed E-state index contributed by atoms with van der Waals surface area (Å²) < 4.78 is 0. The number of nitrogens with two attached hydrogens (primary N) is 1. The molecule has 1 aliphatic heterocycles. The van der Waals surface area contributed by atoms with Gasteiger partial charge < -0.3 is 10.6 Å². The van der Waals surface area contributed by atoms with Crippen LogP contribution in [0.2, 0.25) is 0 Å². The van der Waals surface area contributed by atoms with Gasteiger partial charge in [-0.2, -0.15) is 0 Å². The van der Waals surface area contributed by atoms with E-state index in [9.17, 15) is 4.79 Å². The van der Waals surface area contributed by atoms with Crippen molar-refractivity contribution in [3.63, 3.8) is 0 Å². The second-order valence-electron chi connectivity index (χ2n) is 3.56. The molecule has 1 aliphatic rings. The zero-order valence-electron chi connectivity index (χ0n) is 8.04. The second kappa shape index (κ2) is 5.02. The summed E-state index contributed by atoms with van der Waals surface area (Å²) in [6.45, 7) is 6.04. The Hall–Kier alpha value is -0.830. The van der Waals surface area contributed by atoms with Gasteiger partial charge in [-0.1, -0.05) is 6.08 Å². The van der Waals surface area contributed by atoms with Crippen molar-refractivity contribution in [1.29, 1.82) is 0 Å². The van der Waals surface area contributed by atoms with Gasteiger partial charge in [-0.15, -0.1) is 6.58 Å². The van der Waals surface area contributed by atoms with Gasteiger partial charge in [-0.3, -0.25) is 4.79 Å². The molecule has 0 saturated carbocycles. The Balaban J connectivity index is 2.28. The lowest BCUT2D eigenvalue weighted by atomic mass is 10.1. The highest BCUT2D eigenvalue weighted by Gasteiger charge is 2.24. The molecule has 13 heavy (non-hydrogen) atoms. The average Bonchev–Trinajstić information content (AvgIpc) is 2.62. The normalized spacial score (nSPS) is 21.9. The molecule has 1 atom stereocenters. The monoisotopic (exact) mass is 182 g/mol. The van der Waals surface area contributed by atoms with E-state index in [4.69, 9.17) is 5.73 Å². The van der Waals surface area contributed by atoms with Crippen molar-refractivity contribution in [2.45, 2.75) is 19.3 Å². The van der Waals surface area contributed by atoms with Gasteiger partial charge in [0, 0.05) is 19.5 Å². The van der Waals surface area contributed by atoms with Crippen LogP contribution in [0.15, 0.2) is 12.7 Å². The molecule has 0 aliphatic carbocycles. The maximum absolute atomic E-state index is 11.5. The van der Waals surface area contributed by atoms with Crippen LogP contribution in [-0.2, 0) is 4.79 Å². The van der Waals surface area contributed by atoms with Crippen LogP contribution in [0.3, 0.4) is 0 Å². The van der Waals surface area contributed by atoms with Crippen LogP contribution in [0, 0.1) is 5.92 Å². The lowest BCUT2D eigenvalue weighted by molar-refractivity contribution is -0.130. The lowest BCUT2D eigenvalue weighted by Gasteiger charge is -2.15. The van der Waals surface area contributed by atoms with Gasteiger partial charge in [-0.25, -0.2) is 0 Å². The zero-order chi connectivity index (χ0) is 9.68. The van der Waals surface area contributed by atoms with Crippen molar-refractivity contribution in [2.75, 3.05) is 19.6 Å². The highest BCUT2D eigenvalue weighted by atomic mass is 16.2. The van der Waals surface area contributed by atoms with Crippen molar-refractivity contribution in [1.82, 2.24) is 4.90 Å². The molecule has 2 N–H and O–H groups in total. The maximum atomic E-state index is 11.5. The van der Waals surface area contributed by atoms with E-state index in [1.807, 2.05) is 4.90 Å². The molecule has 1 fully saturated rings. The number of hydrogen-bond acceptors (Lipinski definition) is 2. The Morgan fingerprint density at radius 2 is 2.46 bits per heavy atom. The van der Waals surface area contributed by atoms with Crippen LogP contribution >= 0.6 is 0 Å².